The molecular formula is C12H6BrClF3N. The van der Waals surface area contributed by atoms with Crippen molar-refractivity contribution in [2.75, 3.05) is 0 Å². The number of nitrogens with zero attached hydrogens (tertiary/aromatic N) is 1. The first-order chi connectivity index (χ1) is 8.39. The van der Waals surface area contributed by atoms with E-state index in [0.717, 1.165) is 6.07 Å². The lowest BCUT2D eigenvalue weighted by atomic mass is 10.0. The predicted octanol–water partition coefficient (Wildman–Crippen LogP) is 5.18. The Balaban J connectivity index is 2.62. The Morgan fingerprint density at radius 3 is 2.44 bits per heavy atom. The van der Waals surface area contributed by atoms with Crippen molar-refractivity contribution in [3.05, 3.63) is 51.7 Å². The number of aromatic nitrogens is 1. The van der Waals surface area contributed by atoms with Crippen LogP contribution >= 0.6 is 27.5 Å². The van der Waals surface area contributed by atoms with E-state index in [2.05, 4.69) is 20.9 Å². The van der Waals surface area contributed by atoms with E-state index >= 15 is 0 Å². The third-order valence-corrected chi connectivity index (χ3v) is 3.59. The average Bonchev–Trinajstić information content (AvgIpc) is 2.32. The van der Waals surface area contributed by atoms with Gasteiger partial charge in [0.05, 0.1) is 10.6 Å². The maximum atomic E-state index is 12.8. The summed E-state index contributed by atoms with van der Waals surface area (Å²) in [5.41, 5.74) is 0.143. The van der Waals surface area contributed by atoms with Gasteiger partial charge >= 0.3 is 6.18 Å². The van der Waals surface area contributed by atoms with E-state index in [4.69, 9.17) is 11.6 Å². The van der Waals surface area contributed by atoms with Crippen LogP contribution in [0.3, 0.4) is 0 Å². The first-order valence-electron chi connectivity index (χ1n) is 4.86. The summed E-state index contributed by atoms with van der Waals surface area (Å²) in [6, 6.07) is 5.90. The van der Waals surface area contributed by atoms with E-state index in [0.29, 0.717) is 11.1 Å². The Bertz CT molecular complexity index is 570. The second-order valence-electron chi connectivity index (χ2n) is 3.56. The summed E-state index contributed by atoms with van der Waals surface area (Å²) in [7, 11) is 0. The first kappa shape index (κ1) is 13.4. The molecule has 0 saturated heterocycles. The predicted molar refractivity (Wildman–Crippen MR) is 67.4 cm³/mol. The lowest BCUT2D eigenvalue weighted by molar-refractivity contribution is -0.137. The molecule has 2 aromatic rings. The van der Waals surface area contributed by atoms with Gasteiger partial charge in [-0.15, -0.1) is 0 Å². The molecule has 1 aromatic heterocycles. The van der Waals surface area contributed by atoms with Crippen LogP contribution in [0, 0.1) is 0 Å². The minimum absolute atomic E-state index is 0.206. The second kappa shape index (κ2) is 4.90. The average molecular weight is 337 g/mol. The van der Waals surface area contributed by atoms with E-state index in [1.165, 1.54) is 12.3 Å². The van der Waals surface area contributed by atoms with Gasteiger partial charge in [-0.1, -0.05) is 17.7 Å². The van der Waals surface area contributed by atoms with Gasteiger partial charge in [0.2, 0.25) is 0 Å². The fourth-order valence-corrected chi connectivity index (χ4v) is 2.17. The van der Waals surface area contributed by atoms with Crippen LogP contribution in [0.5, 0.6) is 0 Å². The van der Waals surface area contributed by atoms with Crippen molar-refractivity contribution < 1.29 is 13.2 Å². The standard InChI is InChI=1S/C12H6BrClF3N/c13-10-5-8(7-2-1-3-18-6-7)4-9(11(10)14)12(15,16)17/h1-6H. The molecule has 1 heterocycles. The summed E-state index contributed by atoms with van der Waals surface area (Å²) in [5.74, 6) is 0. The van der Waals surface area contributed by atoms with Crippen molar-refractivity contribution in [1.29, 1.82) is 0 Å². The highest BCUT2D eigenvalue weighted by Crippen LogP contribution is 2.41. The van der Waals surface area contributed by atoms with Crippen molar-refractivity contribution in [1.82, 2.24) is 4.98 Å². The molecule has 0 spiro atoms. The zero-order chi connectivity index (χ0) is 13.3. The highest BCUT2D eigenvalue weighted by Gasteiger charge is 2.34. The van der Waals surface area contributed by atoms with Crippen LogP contribution in [0.2, 0.25) is 5.02 Å². The van der Waals surface area contributed by atoms with Crippen LogP contribution in [0.4, 0.5) is 13.2 Å². The lowest BCUT2D eigenvalue weighted by Gasteiger charge is -2.12. The maximum Gasteiger partial charge on any atom is 0.417 e. The Morgan fingerprint density at radius 2 is 1.89 bits per heavy atom. The molecule has 0 radical (unpaired) electrons. The largest absolute Gasteiger partial charge is 0.417 e. The number of benzene rings is 1. The molecular weight excluding hydrogens is 330 g/mol. The molecule has 2 rings (SSSR count). The first-order valence-corrected chi connectivity index (χ1v) is 6.03. The molecule has 0 unspecified atom stereocenters. The summed E-state index contributed by atoms with van der Waals surface area (Å²) in [5, 5.41) is -0.338. The van der Waals surface area contributed by atoms with Crippen molar-refractivity contribution in [2.24, 2.45) is 0 Å². The van der Waals surface area contributed by atoms with E-state index in [1.54, 1.807) is 18.3 Å². The second-order valence-corrected chi connectivity index (χ2v) is 4.79. The zero-order valence-corrected chi connectivity index (χ0v) is 11.1. The van der Waals surface area contributed by atoms with Gasteiger partial charge < -0.3 is 0 Å². The zero-order valence-electron chi connectivity index (χ0n) is 8.80. The molecule has 0 saturated carbocycles. The topological polar surface area (TPSA) is 12.9 Å². The van der Waals surface area contributed by atoms with Crippen LogP contribution in [-0.2, 0) is 6.18 Å². The minimum Gasteiger partial charge on any atom is -0.264 e. The number of hydrogen-bond acceptors (Lipinski definition) is 1. The minimum atomic E-state index is -4.49. The monoisotopic (exact) mass is 335 g/mol. The summed E-state index contributed by atoms with van der Waals surface area (Å²) >= 11 is 8.69. The van der Waals surface area contributed by atoms with Gasteiger partial charge in [-0.2, -0.15) is 13.2 Å². The lowest BCUT2D eigenvalue weighted by Crippen LogP contribution is -2.06. The molecule has 1 nitrogen and oxygen atoms in total. The van der Waals surface area contributed by atoms with Gasteiger partial charge in [0.25, 0.3) is 0 Å². The van der Waals surface area contributed by atoms with E-state index in [1.807, 2.05) is 0 Å². The van der Waals surface area contributed by atoms with Gasteiger partial charge in [0, 0.05) is 22.4 Å². The maximum absolute atomic E-state index is 12.8. The smallest absolute Gasteiger partial charge is 0.264 e. The van der Waals surface area contributed by atoms with Crippen LogP contribution < -0.4 is 0 Å². The molecule has 0 aliphatic carbocycles. The van der Waals surface area contributed by atoms with Crippen LogP contribution in [0.25, 0.3) is 11.1 Å². The molecule has 0 N–H and O–H groups in total. The summed E-state index contributed by atoms with van der Waals surface area (Å²) in [6.45, 7) is 0. The van der Waals surface area contributed by atoms with Crippen LogP contribution in [0.1, 0.15) is 5.56 Å². The van der Waals surface area contributed by atoms with Gasteiger partial charge in [0.15, 0.2) is 0 Å². The van der Waals surface area contributed by atoms with Gasteiger partial charge in [-0.25, -0.2) is 0 Å². The number of alkyl halides is 3. The van der Waals surface area contributed by atoms with Gasteiger partial charge in [-0.3, -0.25) is 4.98 Å². The summed E-state index contributed by atoms with van der Waals surface area (Å²) in [6.07, 6.45) is -1.44. The van der Waals surface area contributed by atoms with Gasteiger partial charge in [-0.05, 0) is 39.7 Å². The number of rotatable bonds is 1. The molecule has 6 heteroatoms. The van der Waals surface area contributed by atoms with Crippen LogP contribution in [-0.4, -0.2) is 4.98 Å². The number of hydrogen-bond donors (Lipinski definition) is 0. The fourth-order valence-electron chi connectivity index (χ4n) is 1.50. The van der Waals surface area contributed by atoms with E-state index in [9.17, 15) is 13.2 Å². The van der Waals surface area contributed by atoms with Gasteiger partial charge in [0.1, 0.15) is 0 Å². The Kier molecular flexibility index (Phi) is 3.64. The molecule has 18 heavy (non-hydrogen) atoms. The normalized spacial score (nSPS) is 11.6. The molecule has 0 fully saturated rings. The third-order valence-electron chi connectivity index (χ3n) is 2.33. The molecule has 0 aliphatic rings. The van der Waals surface area contributed by atoms with Crippen LogP contribution in [0.15, 0.2) is 41.1 Å². The van der Waals surface area contributed by atoms with Crippen molar-refractivity contribution in [2.45, 2.75) is 6.18 Å². The fraction of sp³-hybridized carbons (Fsp3) is 0.0833. The molecule has 1 aromatic carbocycles. The van der Waals surface area contributed by atoms with E-state index in [-0.39, 0.29) is 9.50 Å². The Labute approximate surface area is 115 Å². The Morgan fingerprint density at radius 1 is 1.17 bits per heavy atom. The highest BCUT2D eigenvalue weighted by molar-refractivity contribution is 9.10. The number of pyridine rings is 1. The SMILES string of the molecule is FC(F)(F)c1cc(-c2cccnc2)cc(Br)c1Cl. The summed E-state index contributed by atoms with van der Waals surface area (Å²) in [4.78, 5) is 3.88. The third kappa shape index (κ3) is 2.67. The summed E-state index contributed by atoms with van der Waals surface area (Å²) < 4.78 is 38.6. The molecule has 94 valence electrons. The molecule has 0 atom stereocenters. The van der Waals surface area contributed by atoms with Crippen molar-refractivity contribution >= 4 is 27.5 Å². The highest BCUT2D eigenvalue weighted by atomic mass is 79.9. The van der Waals surface area contributed by atoms with Crippen molar-refractivity contribution in [3.63, 3.8) is 0 Å². The van der Waals surface area contributed by atoms with E-state index < -0.39 is 11.7 Å². The molecule has 0 bridgehead atoms. The quantitative estimate of drug-likeness (QED) is 0.699. The Hall–Kier alpha value is -1.07. The molecule has 0 amide bonds. The number of halogens is 5. The molecule has 0 aliphatic heterocycles. The van der Waals surface area contributed by atoms with Crippen molar-refractivity contribution in [3.8, 4) is 11.1 Å².